The second kappa shape index (κ2) is 19.6. The fraction of sp³-hybridized carbons (Fsp3) is 0.955. The van der Waals surface area contributed by atoms with Gasteiger partial charge in [-0.25, -0.2) is 0 Å². The molecular formula is C22H44O6. The lowest BCUT2D eigenvalue weighted by Crippen LogP contribution is -2.27. The summed E-state index contributed by atoms with van der Waals surface area (Å²) in [6, 6.07) is 0. The van der Waals surface area contributed by atoms with Gasteiger partial charge >= 0.3 is 5.97 Å². The van der Waals surface area contributed by atoms with Gasteiger partial charge in [0.2, 0.25) is 0 Å². The first-order chi connectivity index (χ1) is 13.6. The Morgan fingerprint density at radius 3 is 1.93 bits per heavy atom. The van der Waals surface area contributed by atoms with Crippen molar-refractivity contribution < 1.29 is 29.6 Å². The van der Waals surface area contributed by atoms with E-state index >= 15 is 0 Å². The molecule has 0 aliphatic heterocycles. The second-order valence-electron chi connectivity index (χ2n) is 7.68. The Kier molecular flexibility index (Phi) is 19.1. The summed E-state index contributed by atoms with van der Waals surface area (Å²) >= 11 is 0. The van der Waals surface area contributed by atoms with Gasteiger partial charge in [0.25, 0.3) is 0 Å². The largest absolute Gasteiger partial charge is 0.457 e. The maximum absolute atomic E-state index is 11.5. The number of hydrogen-bond acceptors (Lipinski definition) is 6. The first kappa shape index (κ1) is 27.3. The van der Waals surface area contributed by atoms with Crippen LogP contribution >= 0.6 is 0 Å². The zero-order valence-electron chi connectivity index (χ0n) is 18.1. The zero-order valence-corrected chi connectivity index (χ0v) is 18.1. The third kappa shape index (κ3) is 15.3. The van der Waals surface area contributed by atoms with E-state index in [1.807, 2.05) is 0 Å². The van der Waals surface area contributed by atoms with E-state index in [2.05, 4.69) is 6.92 Å². The van der Waals surface area contributed by atoms with Crippen LogP contribution in [0.1, 0.15) is 96.8 Å². The van der Waals surface area contributed by atoms with E-state index < -0.39 is 6.10 Å². The highest BCUT2D eigenvalue weighted by molar-refractivity contribution is 5.69. The molecule has 0 rings (SSSR count). The van der Waals surface area contributed by atoms with Crippen LogP contribution in [0.2, 0.25) is 0 Å². The molecule has 3 N–H and O–H groups in total. The van der Waals surface area contributed by atoms with Gasteiger partial charge in [0, 0.05) is 13.5 Å². The van der Waals surface area contributed by atoms with Crippen LogP contribution in [0.15, 0.2) is 0 Å². The van der Waals surface area contributed by atoms with Crippen molar-refractivity contribution in [3.05, 3.63) is 0 Å². The van der Waals surface area contributed by atoms with Crippen LogP contribution in [0.4, 0.5) is 0 Å². The molecule has 0 spiro atoms. The van der Waals surface area contributed by atoms with Gasteiger partial charge in [-0.15, -0.1) is 0 Å². The maximum atomic E-state index is 11.5. The Hall–Kier alpha value is -0.690. The third-order valence-electron chi connectivity index (χ3n) is 5.16. The third-order valence-corrected chi connectivity index (χ3v) is 5.16. The summed E-state index contributed by atoms with van der Waals surface area (Å²) in [5.74, 6) is -0.357. The molecule has 0 aromatic carbocycles. The molecule has 168 valence electrons. The molecule has 28 heavy (non-hydrogen) atoms. The van der Waals surface area contributed by atoms with Gasteiger partial charge in [0.1, 0.15) is 6.10 Å². The number of esters is 1. The molecule has 2 atom stereocenters. The highest BCUT2D eigenvalue weighted by Gasteiger charge is 2.17. The predicted octanol–water partition coefficient (Wildman–Crippen LogP) is 3.74. The number of unbranched alkanes of at least 4 members (excludes halogenated alkanes) is 9. The minimum atomic E-state index is -0.795. The van der Waals surface area contributed by atoms with Crippen molar-refractivity contribution >= 4 is 5.97 Å². The molecular weight excluding hydrogens is 360 g/mol. The Bertz CT molecular complexity index is 346. The summed E-state index contributed by atoms with van der Waals surface area (Å²) in [4.78, 5) is 11.5. The number of carbonyl (C=O) groups is 1. The summed E-state index contributed by atoms with van der Waals surface area (Å²) < 4.78 is 10.4. The average molecular weight is 405 g/mol. The van der Waals surface area contributed by atoms with Crippen molar-refractivity contribution in [3.8, 4) is 0 Å². The van der Waals surface area contributed by atoms with Gasteiger partial charge in [-0.1, -0.05) is 71.1 Å². The Balaban J connectivity index is 3.56. The van der Waals surface area contributed by atoms with Crippen LogP contribution in [0, 0.1) is 0 Å². The topological polar surface area (TPSA) is 96.2 Å². The van der Waals surface area contributed by atoms with E-state index in [1.54, 1.807) is 7.11 Å². The standard InChI is InChI=1S/C22H44O6/c1-3-4-5-12-15-21(27-2)20(25)14-11-9-7-6-8-10-13-16-22(26)28-19(17-23)18-24/h19-21,23-25H,3-18H2,1-2H3. The molecule has 0 amide bonds. The lowest BCUT2D eigenvalue weighted by molar-refractivity contribution is -0.153. The Morgan fingerprint density at radius 2 is 1.36 bits per heavy atom. The van der Waals surface area contributed by atoms with Crippen LogP contribution in [-0.2, 0) is 14.3 Å². The van der Waals surface area contributed by atoms with Crippen molar-refractivity contribution in [1.82, 2.24) is 0 Å². The fourth-order valence-corrected chi connectivity index (χ4v) is 3.31. The van der Waals surface area contributed by atoms with Crippen molar-refractivity contribution in [3.63, 3.8) is 0 Å². The molecule has 0 aromatic rings. The summed E-state index contributed by atoms with van der Waals surface area (Å²) in [5, 5.41) is 28.0. The average Bonchev–Trinajstić information content (AvgIpc) is 2.70. The van der Waals surface area contributed by atoms with Crippen molar-refractivity contribution in [2.24, 2.45) is 0 Å². The van der Waals surface area contributed by atoms with Crippen LogP contribution < -0.4 is 0 Å². The molecule has 2 unspecified atom stereocenters. The molecule has 0 saturated heterocycles. The second-order valence-corrected chi connectivity index (χ2v) is 7.68. The number of aliphatic hydroxyl groups is 3. The molecule has 0 aliphatic carbocycles. The predicted molar refractivity (Wildman–Crippen MR) is 111 cm³/mol. The smallest absolute Gasteiger partial charge is 0.306 e. The van der Waals surface area contributed by atoms with E-state index in [0.29, 0.717) is 6.42 Å². The van der Waals surface area contributed by atoms with Crippen LogP contribution in [0.5, 0.6) is 0 Å². The van der Waals surface area contributed by atoms with E-state index in [4.69, 9.17) is 19.7 Å². The van der Waals surface area contributed by atoms with E-state index in [0.717, 1.165) is 64.2 Å². The quantitative estimate of drug-likeness (QED) is 0.211. The summed E-state index contributed by atoms with van der Waals surface area (Å²) in [7, 11) is 1.69. The lowest BCUT2D eigenvalue weighted by Gasteiger charge is -2.21. The number of carbonyl (C=O) groups excluding carboxylic acids is 1. The van der Waals surface area contributed by atoms with E-state index in [1.165, 1.54) is 19.3 Å². The van der Waals surface area contributed by atoms with Gasteiger partial charge in [-0.05, 0) is 19.3 Å². The van der Waals surface area contributed by atoms with Gasteiger partial charge < -0.3 is 24.8 Å². The molecule has 6 nitrogen and oxygen atoms in total. The molecule has 0 aliphatic rings. The highest BCUT2D eigenvalue weighted by Crippen LogP contribution is 2.17. The van der Waals surface area contributed by atoms with E-state index in [-0.39, 0.29) is 31.4 Å². The first-order valence-corrected chi connectivity index (χ1v) is 11.2. The molecule has 0 heterocycles. The van der Waals surface area contributed by atoms with Crippen molar-refractivity contribution in [2.45, 2.75) is 115 Å². The van der Waals surface area contributed by atoms with Gasteiger partial charge in [-0.3, -0.25) is 4.79 Å². The van der Waals surface area contributed by atoms with Crippen LogP contribution in [0.25, 0.3) is 0 Å². The maximum Gasteiger partial charge on any atom is 0.306 e. The van der Waals surface area contributed by atoms with E-state index in [9.17, 15) is 9.90 Å². The fourth-order valence-electron chi connectivity index (χ4n) is 3.31. The van der Waals surface area contributed by atoms with Crippen molar-refractivity contribution in [2.75, 3.05) is 20.3 Å². The highest BCUT2D eigenvalue weighted by atomic mass is 16.6. The molecule has 0 aromatic heterocycles. The normalized spacial score (nSPS) is 13.6. The summed E-state index contributed by atoms with van der Waals surface area (Å²) in [6.45, 7) is 1.50. The monoisotopic (exact) mass is 404 g/mol. The molecule has 6 heteroatoms. The summed E-state index contributed by atoms with van der Waals surface area (Å²) in [5.41, 5.74) is 0. The molecule has 0 fully saturated rings. The molecule has 0 saturated carbocycles. The van der Waals surface area contributed by atoms with Crippen LogP contribution in [-0.4, -0.2) is 59.9 Å². The van der Waals surface area contributed by atoms with Gasteiger partial charge in [0.15, 0.2) is 0 Å². The Morgan fingerprint density at radius 1 is 0.821 bits per heavy atom. The number of hydrogen-bond donors (Lipinski definition) is 3. The first-order valence-electron chi connectivity index (χ1n) is 11.2. The van der Waals surface area contributed by atoms with Gasteiger partial charge in [-0.2, -0.15) is 0 Å². The SMILES string of the molecule is CCCCCCC(OC)C(O)CCCCCCCCCC(=O)OC(CO)CO. The molecule has 0 bridgehead atoms. The Labute approximate surface area is 171 Å². The lowest BCUT2D eigenvalue weighted by atomic mass is 9.99. The summed E-state index contributed by atoms with van der Waals surface area (Å²) in [6.07, 6.45) is 12.9. The number of ether oxygens (including phenoxy) is 2. The number of aliphatic hydroxyl groups excluding tert-OH is 3. The van der Waals surface area contributed by atoms with Crippen LogP contribution in [0.3, 0.4) is 0 Å². The van der Waals surface area contributed by atoms with Crippen molar-refractivity contribution in [1.29, 1.82) is 0 Å². The number of rotatable bonds is 20. The minimum absolute atomic E-state index is 0.0344. The number of methoxy groups -OCH3 is 1. The molecule has 0 radical (unpaired) electrons. The minimum Gasteiger partial charge on any atom is -0.457 e. The zero-order chi connectivity index (χ0) is 21.0. The van der Waals surface area contributed by atoms with Gasteiger partial charge in [0.05, 0.1) is 25.4 Å².